The van der Waals surface area contributed by atoms with E-state index in [0.717, 1.165) is 22.3 Å². The molecule has 1 atom stereocenters. The number of aromatic nitrogens is 6. The molecule has 0 saturated carbocycles. The average Bonchev–Trinajstić information content (AvgIpc) is 3.13. The van der Waals surface area contributed by atoms with Crippen molar-refractivity contribution in [3.63, 3.8) is 0 Å². The SMILES string of the molecule is Cc1occc1-c1nnc(SC(C)c2nc(N)nc(N(C)C)n2)n1C. The topological polar surface area (TPSA) is 112 Å². The Morgan fingerprint density at radius 1 is 1.24 bits per heavy atom. The van der Waals surface area contributed by atoms with E-state index >= 15 is 0 Å². The van der Waals surface area contributed by atoms with Crippen molar-refractivity contribution in [1.82, 2.24) is 29.7 Å². The third-order valence-electron chi connectivity index (χ3n) is 3.64. The lowest BCUT2D eigenvalue weighted by atomic mass is 10.2. The fraction of sp³-hybridized carbons (Fsp3) is 0.400. The van der Waals surface area contributed by atoms with Gasteiger partial charge in [-0.25, -0.2) is 0 Å². The second kappa shape index (κ2) is 6.71. The molecule has 0 aliphatic rings. The van der Waals surface area contributed by atoms with E-state index < -0.39 is 0 Å². The molecule has 10 heteroatoms. The first-order chi connectivity index (χ1) is 11.9. The van der Waals surface area contributed by atoms with Crippen molar-refractivity contribution in [2.24, 2.45) is 7.05 Å². The van der Waals surface area contributed by atoms with Gasteiger partial charge < -0.3 is 19.6 Å². The van der Waals surface area contributed by atoms with Crippen molar-refractivity contribution >= 4 is 23.7 Å². The summed E-state index contributed by atoms with van der Waals surface area (Å²) in [5, 5.41) is 9.25. The Bertz CT molecular complexity index is 888. The number of aryl methyl sites for hydroxylation is 1. The van der Waals surface area contributed by atoms with Gasteiger partial charge in [0, 0.05) is 21.1 Å². The highest BCUT2D eigenvalue weighted by atomic mass is 32.2. The first-order valence-electron chi connectivity index (χ1n) is 7.66. The first-order valence-corrected chi connectivity index (χ1v) is 8.54. The predicted molar refractivity (Wildman–Crippen MR) is 96.3 cm³/mol. The maximum Gasteiger partial charge on any atom is 0.229 e. The molecule has 132 valence electrons. The molecule has 9 nitrogen and oxygen atoms in total. The van der Waals surface area contributed by atoms with Crippen LogP contribution in [0.4, 0.5) is 11.9 Å². The molecule has 0 aromatic carbocycles. The number of nitrogens with zero attached hydrogens (tertiary/aromatic N) is 7. The molecule has 0 fully saturated rings. The summed E-state index contributed by atoms with van der Waals surface area (Å²) in [4.78, 5) is 14.6. The molecule has 3 aromatic rings. The zero-order valence-corrected chi connectivity index (χ0v) is 15.6. The second-order valence-corrected chi connectivity index (χ2v) is 7.07. The van der Waals surface area contributed by atoms with Gasteiger partial charge in [0.15, 0.2) is 11.0 Å². The van der Waals surface area contributed by atoms with Gasteiger partial charge in [-0.3, -0.25) is 0 Å². The average molecular weight is 360 g/mol. The highest BCUT2D eigenvalue weighted by molar-refractivity contribution is 7.99. The molecule has 1 unspecified atom stereocenters. The van der Waals surface area contributed by atoms with Gasteiger partial charge in [0.1, 0.15) is 11.6 Å². The Hall–Kier alpha value is -2.62. The molecular weight excluding hydrogens is 340 g/mol. The molecule has 0 amide bonds. The van der Waals surface area contributed by atoms with Crippen LogP contribution in [-0.4, -0.2) is 43.8 Å². The van der Waals surface area contributed by atoms with Gasteiger partial charge in [0.2, 0.25) is 11.9 Å². The summed E-state index contributed by atoms with van der Waals surface area (Å²) >= 11 is 1.51. The highest BCUT2D eigenvalue weighted by Crippen LogP contribution is 2.34. The van der Waals surface area contributed by atoms with Crippen molar-refractivity contribution in [2.45, 2.75) is 24.3 Å². The van der Waals surface area contributed by atoms with Gasteiger partial charge in [-0.15, -0.1) is 10.2 Å². The van der Waals surface area contributed by atoms with Gasteiger partial charge >= 0.3 is 0 Å². The number of nitrogen functional groups attached to an aromatic ring is 1. The van der Waals surface area contributed by atoms with Crippen LogP contribution in [0.3, 0.4) is 0 Å². The highest BCUT2D eigenvalue weighted by Gasteiger charge is 2.20. The van der Waals surface area contributed by atoms with Crippen LogP contribution in [0.5, 0.6) is 0 Å². The van der Waals surface area contributed by atoms with Crippen LogP contribution in [0.25, 0.3) is 11.4 Å². The smallest absolute Gasteiger partial charge is 0.229 e. The van der Waals surface area contributed by atoms with Crippen LogP contribution in [0.1, 0.15) is 23.8 Å². The Kier molecular flexibility index (Phi) is 4.62. The van der Waals surface area contributed by atoms with E-state index in [2.05, 4.69) is 25.1 Å². The Morgan fingerprint density at radius 2 is 2.00 bits per heavy atom. The molecule has 0 radical (unpaired) electrons. The van der Waals surface area contributed by atoms with E-state index in [4.69, 9.17) is 10.2 Å². The molecule has 3 rings (SSSR count). The van der Waals surface area contributed by atoms with Crippen molar-refractivity contribution in [3.05, 3.63) is 23.9 Å². The largest absolute Gasteiger partial charge is 0.469 e. The van der Waals surface area contributed by atoms with Crippen LogP contribution < -0.4 is 10.6 Å². The number of anilines is 2. The molecule has 0 aliphatic heterocycles. The number of furan rings is 1. The van der Waals surface area contributed by atoms with Crippen molar-refractivity contribution in [3.8, 4) is 11.4 Å². The van der Waals surface area contributed by atoms with Crippen LogP contribution in [0, 0.1) is 6.92 Å². The predicted octanol–water partition coefficient (Wildman–Crippen LogP) is 2.07. The monoisotopic (exact) mass is 360 g/mol. The second-order valence-electron chi connectivity index (χ2n) is 5.76. The minimum Gasteiger partial charge on any atom is -0.469 e. The van der Waals surface area contributed by atoms with Crippen molar-refractivity contribution < 1.29 is 4.42 Å². The fourth-order valence-electron chi connectivity index (χ4n) is 2.26. The van der Waals surface area contributed by atoms with Crippen LogP contribution in [0.2, 0.25) is 0 Å². The molecule has 0 bridgehead atoms. The summed E-state index contributed by atoms with van der Waals surface area (Å²) in [6.07, 6.45) is 1.64. The summed E-state index contributed by atoms with van der Waals surface area (Å²) in [5.74, 6) is 2.90. The summed E-state index contributed by atoms with van der Waals surface area (Å²) in [5.41, 5.74) is 6.73. The van der Waals surface area contributed by atoms with Crippen LogP contribution >= 0.6 is 11.8 Å². The third kappa shape index (κ3) is 3.43. The standard InChI is InChI=1S/C15H20N8OS/c1-8-10(6-7-24-8)12-20-21-15(23(12)5)25-9(2)11-17-13(16)19-14(18-11)22(3)4/h6-7,9H,1-5H3,(H2,16,17,18,19). The molecule has 0 aliphatic carbocycles. The van der Waals surface area contributed by atoms with E-state index in [1.807, 2.05) is 45.6 Å². The Balaban J connectivity index is 1.86. The zero-order chi connectivity index (χ0) is 18.1. The van der Waals surface area contributed by atoms with E-state index in [0.29, 0.717) is 11.8 Å². The summed E-state index contributed by atoms with van der Waals surface area (Å²) < 4.78 is 7.28. The fourth-order valence-corrected chi connectivity index (χ4v) is 3.12. The lowest BCUT2D eigenvalue weighted by molar-refractivity contribution is 0.534. The molecule has 3 aromatic heterocycles. The van der Waals surface area contributed by atoms with E-state index in [1.165, 1.54) is 11.8 Å². The number of rotatable bonds is 5. The van der Waals surface area contributed by atoms with Gasteiger partial charge in [0.25, 0.3) is 0 Å². The molecule has 0 saturated heterocycles. The summed E-state index contributed by atoms with van der Waals surface area (Å²) in [7, 11) is 5.64. The van der Waals surface area contributed by atoms with E-state index in [-0.39, 0.29) is 11.2 Å². The van der Waals surface area contributed by atoms with Gasteiger partial charge in [0.05, 0.1) is 17.1 Å². The number of nitrogens with two attached hydrogens (primary N) is 1. The number of hydrogen-bond acceptors (Lipinski definition) is 9. The minimum absolute atomic E-state index is 0.0646. The Morgan fingerprint density at radius 3 is 2.64 bits per heavy atom. The minimum atomic E-state index is -0.0646. The van der Waals surface area contributed by atoms with Crippen molar-refractivity contribution in [2.75, 3.05) is 24.7 Å². The number of hydrogen-bond donors (Lipinski definition) is 1. The molecule has 2 N–H and O–H groups in total. The van der Waals surface area contributed by atoms with Gasteiger partial charge in [-0.2, -0.15) is 15.0 Å². The lowest BCUT2D eigenvalue weighted by Crippen LogP contribution is -2.16. The van der Waals surface area contributed by atoms with E-state index in [1.54, 1.807) is 11.2 Å². The quantitative estimate of drug-likeness (QED) is 0.683. The third-order valence-corrected chi connectivity index (χ3v) is 4.77. The maximum atomic E-state index is 5.80. The summed E-state index contributed by atoms with van der Waals surface area (Å²) in [6, 6.07) is 1.88. The van der Waals surface area contributed by atoms with Crippen LogP contribution in [-0.2, 0) is 7.05 Å². The van der Waals surface area contributed by atoms with Gasteiger partial charge in [-0.05, 0) is 19.9 Å². The first kappa shape index (κ1) is 17.2. The summed E-state index contributed by atoms with van der Waals surface area (Å²) in [6.45, 7) is 3.89. The Labute approximate surface area is 149 Å². The maximum absolute atomic E-state index is 5.80. The molecule has 25 heavy (non-hydrogen) atoms. The lowest BCUT2D eigenvalue weighted by Gasteiger charge is -2.14. The zero-order valence-electron chi connectivity index (χ0n) is 14.8. The van der Waals surface area contributed by atoms with Gasteiger partial charge in [-0.1, -0.05) is 11.8 Å². The molecule has 0 spiro atoms. The number of thioether (sulfide) groups is 1. The molecule has 3 heterocycles. The molecular formula is C15H20N8OS. The normalized spacial score (nSPS) is 12.4. The van der Waals surface area contributed by atoms with Crippen molar-refractivity contribution in [1.29, 1.82) is 0 Å². The van der Waals surface area contributed by atoms with Crippen LogP contribution in [0.15, 0.2) is 21.9 Å². The van der Waals surface area contributed by atoms with E-state index in [9.17, 15) is 0 Å².